The Morgan fingerprint density at radius 2 is 1.55 bits per heavy atom. The molecule has 1 aromatic heterocycles. The zero-order valence-corrected chi connectivity index (χ0v) is 11.2. The molecule has 0 atom stereocenters. The zero-order valence-electron chi connectivity index (χ0n) is 11.2. The molecular weight excluding hydrogens is 267 g/mol. The number of methoxy groups -OCH3 is 2. The lowest BCUT2D eigenvalue weighted by molar-refractivity contribution is 0.317. The molecule has 0 amide bonds. The SMILES string of the molecule is COc1nc(OC)nc(Oc2cc(C)c(N)cc2F)n1. The Kier molecular flexibility index (Phi) is 3.83. The summed E-state index contributed by atoms with van der Waals surface area (Å²) >= 11 is 0. The monoisotopic (exact) mass is 280 g/mol. The summed E-state index contributed by atoms with van der Waals surface area (Å²) in [5.74, 6) is -0.668. The van der Waals surface area contributed by atoms with Gasteiger partial charge in [0.05, 0.1) is 14.2 Å². The van der Waals surface area contributed by atoms with E-state index >= 15 is 0 Å². The van der Waals surface area contributed by atoms with Crippen molar-refractivity contribution in [2.75, 3.05) is 20.0 Å². The van der Waals surface area contributed by atoms with Gasteiger partial charge >= 0.3 is 18.0 Å². The van der Waals surface area contributed by atoms with Crippen molar-refractivity contribution in [2.45, 2.75) is 6.92 Å². The number of aromatic nitrogens is 3. The summed E-state index contributed by atoms with van der Waals surface area (Å²) in [6, 6.07) is 2.48. The average molecular weight is 280 g/mol. The first-order chi connectivity index (χ1) is 9.53. The van der Waals surface area contributed by atoms with Crippen LogP contribution >= 0.6 is 0 Å². The summed E-state index contributed by atoms with van der Waals surface area (Å²) in [6.07, 6.45) is 0. The molecule has 0 spiro atoms. The summed E-state index contributed by atoms with van der Waals surface area (Å²) in [5, 5.41) is 0. The molecule has 2 aromatic rings. The molecular formula is C12H13FN4O3. The lowest BCUT2D eigenvalue weighted by atomic mass is 10.2. The van der Waals surface area contributed by atoms with Crippen LogP contribution in [0.25, 0.3) is 0 Å². The highest BCUT2D eigenvalue weighted by atomic mass is 19.1. The summed E-state index contributed by atoms with van der Waals surface area (Å²) in [6.45, 7) is 1.73. The minimum atomic E-state index is -0.619. The standard InChI is InChI=1S/C12H13FN4O3/c1-6-4-9(7(13)5-8(6)14)20-12-16-10(18-2)15-11(17-12)19-3/h4-5H,14H2,1-3H3. The minimum Gasteiger partial charge on any atom is -0.467 e. The second-order valence-corrected chi connectivity index (χ2v) is 3.83. The molecule has 0 unspecified atom stereocenters. The third kappa shape index (κ3) is 2.85. The van der Waals surface area contributed by atoms with Crippen LogP contribution in [0, 0.1) is 12.7 Å². The van der Waals surface area contributed by atoms with E-state index in [0.29, 0.717) is 11.3 Å². The number of hydrogen-bond acceptors (Lipinski definition) is 7. The second-order valence-electron chi connectivity index (χ2n) is 3.83. The van der Waals surface area contributed by atoms with Crippen LogP contribution in [0.1, 0.15) is 5.56 Å². The van der Waals surface area contributed by atoms with Gasteiger partial charge in [-0.2, -0.15) is 0 Å². The van der Waals surface area contributed by atoms with Crippen LogP contribution in [-0.2, 0) is 0 Å². The van der Waals surface area contributed by atoms with Gasteiger partial charge in [0, 0.05) is 11.8 Å². The van der Waals surface area contributed by atoms with Gasteiger partial charge in [-0.15, -0.1) is 15.0 Å². The van der Waals surface area contributed by atoms with Gasteiger partial charge in [-0.3, -0.25) is 0 Å². The number of halogens is 1. The number of anilines is 1. The average Bonchev–Trinajstić information content (AvgIpc) is 2.44. The predicted molar refractivity (Wildman–Crippen MR) is 68.6 cm³/mol. The largest absolute Gasteiger partial charge is 0.467 e. The van der Waals surface area contributed by atoms with Crippen LogP contribution in [-0.4, -0.2) is 29.2 Å². The van der Waals surface area contributed by atoms with E-state index in [1.807, 2.05) is 0 Å². The fourth-order valence-corrected chi connectivity index (χ4v) is 1.40. The van der Waals surface area contributed by atoms with E-state index in [2.05, 4.69) is 15.0 Å². The number of rotatable bonds is 4. The molecule has 2 N–H and O–H groups in total. The van der Waals surface area contributed by atoms with Crippen molar-refractivity contribution in [3.8, 4) is 23.8 Å². The number of nitrogens with two attached hydrogens (primary N) is 1. The van der Waals surface area contributed by atoms with Gasteiger partial charge in [0.15, 0.2) is 11.6 Å². The van der Waals surface area contributed by atoms with Gasteiger partial charge in [-0.25, -0.2) is 4.39 Å². The maximum Gasteiger partial charge on any atom is 0.331 e. The molecule has 0 aliphatic rings. The first kappa shape index (κ1) is 13.8. The maximum atomic E-state index is 13.7. The number of aryl methyl sites for hydroxylation is 1. The van der Waals surface area contributed by atoms with Crippen molar-refractivity contribution in [1.29, 1.82) is 0 Å². The number of ether oxygens (including phenoxy) is 3. The van der Waals surface area contributed by atoms with Gasteiger partial charge in [0.25, 0.3) is 0 Å². The first-order valence-electron chi connectivity index (χ1n) is 5.61. The molecule has 0 aliphatic carbocycles. The molecule has 0 aliphatic heterocycles. The topological polar surface area (TPSA) is 92.4 Å². The number of nitrogen functional groups attached to an aromatic ring is 1. The van der Waals surface area contributed by atoms with Crippen molar-refractivity contribution >= 4 is 5.69 Å². The minimum absolute atomic E-state index is 0.000532. The van der Waals surface area contributed by atoms with Crippen molar-refractivity contribution in [1.82, 2.24) is 15.0 Å². The third-order valence-electron chi connectivity index (χ3n) is 2.46. The smallest absolute Gasteiger partial charge is 0.331 e. The highest BCUT2D eigenvalue weighted by molar-refractivity contribution is 5.50. The van der Waals surface area contributed by atoms with E-state index in [-0.39, 0.29) is 23.8 Å². The van der Waals surface area contributed by atoms with E-state index in [1.54, 1.807) is 6.92 Å². The van der Waals surface area contributed by atoms with Crippen molar-refractivity contribution in [3.05, 3.63) is 23.5 Å². The fourth-order valence-electron chi connectivity index (χ4n) is 1.40. The number of hydrogen-bond donors (Lipinski definition) is 1. The summed E-state index contributed by atoms with van der Waals surface area (Å²) < 4.78 is 28.8. The van der Waals surface area contributed by atoms with E-state index in [0.717, 1.165) is 0 Å². The highest BCUT2D eigenvalue weighted by Gasteiger charge is 2.13. The van der Waals surface area contributed by atoms with Gasteiger partial charge in [-0.1, -0.05) is 0 Å². The van der Waals surface area contributed by atoms with Gasteiger partial charge in [0.1, 0.15) is 0 Å². The molecule has 1 aromatic carbocycles. The van der Waals surface area contributed by atoms with Crippen molar-refractivity contribution in [2.24, 2.45) is 0 Å². The van der Waals surface area contributed by atoms with E-state index < -0.39 is 5.82 Å². The normalized spacial score (nSPS) is 10.2. The van der Waals surface area contributed by atoms with Crippen molar-refractivity contribution in [3.63, 3.8) is 0 Å². The fraction of sp³-hybridized carbons (Fsp3) is 0.250. The van der Waals surface area contributed by atoms with Crippen LogP contribution in [0.4, 0.5) is 10.1 Å². The molecule has 0 fully saturated rings. The summed E-state index contributed by atoms with van der Waals surface area (Å²) in [4.78, 5) is 11.5. The Hall–Kier alpha value is -2.64. The lowest BCUT2D eigenvalue weighted by Crippen LogP contribution is -2.02. The zero-order chi connectivity index (χ0) is 14.7. The van der Waals surface area contributed by atoms with Crippen LogP contribution in [0.3, 0.4) is 0 Å². The molecule has 106 valence electrons. The van der Waals surface area contributed by atoms with Crippen LogP contribution < -0.4 is 19.9 Å². The van der Waals surface area contributed by atoms with Crippen molar-refractivity contribution < 1.29 is 18.6 Å². The van der Waals surface area contributed by atoms with E-state index in [1.165, 1.54) is 26.4 Å². The molecule has 0 radical (unpaired) electrons. The third-order valence-corrected chi connectivity index (χ3v) is 2.46. The molecule has 20 heavy (non-hydrogen) atoms. The maximum absolute atomic E-state index is 13.7. The van der Waals surface area contributed by atoms with Gasteiger partial charge < -0.3 is 19.9 Å². The molecule has 1 heterocycles. The highest BCUT2D eigenvalue weighted by Crippen LogP contribution is 2.27. The summed E-state index contributed by atoms with van der Waals surface area (Å²) in [5.41, 5.74) is 6.61. The Morgan fingerprint density at radius 3 is 2.10 bits per heavy atom. The second kappa shape index (κ2) is 5.55. The number of nitrogens with zero attached hydrogens (tertiary/aromatic N) is 3. The first-order valence-corrected chi connectivity index (χ1v) is 5.61. The van der Waals surface area contributed by atoms with Gasteiger partial charge in [0.2, 0.25) is 0 Å². The Morgan fingerprint density at radius 1 is 1.00 bits per heavy atom. The quantitative estimate of drug-likeness (QED) is 0.852. The molecule has 8 heteroatoms. The molecule has 0 saturated carbocycles. The molecule has 0 bridgehead atoms. The van der Waals surface area contributed by atoms with E-state index in [9.17, 15) is 4.39 Å². The molecule has 7 nitrogen and oxygen atoms in total. The number of benzene rings is 1. The molecule has 2 rings (SSSR count). The summed E-state index contributed by atoms with van der Waals surface area (Å²) in [7, 11) is 2.76. The predicted octanol–water partition coefficient (Wildman–Crippen LogP) is 1.71. The lowest BCUT2D eigenvalue weighted by Gasteiger charge is -2.09. The van der Waals surface area contributed by atoms with Crippen LogP contribution in [0.5, 0.6) is 23.8 Å². The Balaban J connectivity index is 2.36. The van der Waals surface area contributed by atoms with E-state index in [4.69, 9.17) is 19.9 Å². The van der Waals surface area contributed by atoms with Crippen LogP contribution in [0.15, 0.2) is 12.1 Å². The Bertz CT molecular complexity index is 614. The molecule has 0 saturated heterocycles. The Labute approximate surface area is 114 Å². The van der Waals surface area contributed by atoms with Gasteiger partial charge in [-0.05, 0) is 18.6 Å². The van der Waals surface area contributed by atoms with Crippen LogP contribution in [0.2, 0.25) is 0 Å².